The Morgan fingerprint density at radius 3 is 2.56 bits per heavy atom. The molecular formula is C27H41BO4. The van der Waals surface area contributed by atoms with E-state index in [1.807, 2.05) is 6.08 Å². The number of fused-ring (bicyclic) bond motifs is 6. The number of allylic oxidation sites excluding steroid dienone is 1. The van der Waals surface area contributed by atoms with E-state index in [1.54, 1.807) is 0 Å². The van der Waals surface area contributed by atoms with Crippen molar-refractivity contribution in [1.82, 2.24) is 0 Å². The zero-order valence-corrected chi connectivity index (χ0v) is 20.1. The molecule has 0 aromatic carbocycles. The first-order chi connectivity index (χ1) is 15.4. The Labute approximate surface area is 194 Å². The molecule has 0 radical (unpaired) electrons. The fourth-order valence-electron chi connectivity index (χ4n) is 9.61. The first-order valence-electron chi connectivity index (χ1n) is 13.6. The van der Waals surface area contributed by atoms with Crippen LogP contribution in [-0.4, -0.2) is 36.3 Å². The summed E-state index contributed by atoms with van der Waals surface area (Å²) in [5, 5.41) is 11.3. The van der Waals surface area contributed by atoms with Crippen LogP contribution in [0.4, 0.5) is 0 Å². The molecule has 0 amide bonds. The maximum atomic E-state index is 12.1. The van der Waals surface area contributed by atoms with E-state index in [2.05, 4.69) is 13.8 Å². The van der Waals surface area contributed by atoms with Crippen molar-refractivity contribution in [2.75, 3.05) is 6.61 Å². The number of rotatable bonds is 1. The van der Waals surface area contributed by atoms with Gasteiger partial charge in [-0.1, -0.05) is 51.5 Å². The second-order valence-corrected chi connectivity index (χ2v) is 12.6. The highest BCUT2D eigenvalue weighted by Crippen LogP contribution is 2.69. The van der Waals surface area contributed by atoms with Gasteiger partial charge in [-0.25, -0.2) is 0 Å². The van der Waals surface area contributed by atoms with Crippen molar-refractivity contribution >= 4 is 12.9 Å². The summed E-state index contributed by atoms with van der Waals surface area (Å²) in [5.41, 5.74) is 1.22. The summed E-state index contributed by atoms with van der Waals surface area (Å²) >= 11 is 0. The van der Waals surface area contributed by atoms with Crippen molar-refractivity contribution in [3.8, 4) is 0 Å². The molecular weight excluding hydrogens is 399 g/mol. The van der Waals surface area contributed by atoms with E-state index >= 15 is 0 Å². The van der Waals surface area contributed by atoms with E-state index in [0.29, 0.717) is 36.0 Å². The first-order valence-corrected chi connectivity index (χ1v) is 13.6. The number of carbonyl (C=O) groups excluding carboxylic acids is 1. The summed E-state index contributed by atoms with van der Waals surface area (Å²) in [5.74, 6) is 2.80. The van der Waals surface area contributed by atoms with Crippen molar-refractivity contribution in [1.29, 1.82) is 0 Å². The number of ketones is 1. The molecule has 1 heterocycles. The van der Waals surface area contributed by atoms with Crippen LogP contribution in [0.25, 0.3) is 0 Å². The van der Waals surface area contributed by atoms with E-state index in [-0.39, 0.29) is 17.9 Å². The molecule has 7 atom stereocenters. The SMILES string of the molecule is C[C@]12CCC(=O)C=C1CC[C@@H]1[C@@H]2CC[C@@]2(C)[C@H]1CC[C@@]21OB(C2CCCCC2)OC[C@H]1O. The fraction of sp³-hybridized carbons (Fsp3) is 0.889. The van der Waals surface area contributed by atoms with Crippen LogP contribution in [0.1, 0.15) is 97.3 Å². The predicted octanol–water partition coefficient (Wildman–Crippen LogP) is 5.49. The van der Waals surface area contributed by atoms with Gasteiger partial charge in [0, 0.05) is 11.8 Å². The molecule has 1 N–H and O–H groups in total. The highest BCUT2D eigenvalue weighted by atomic mass is 16.6. The van der Waals surface area contributed by atoms with Crippen molar-refractivity contribution in [2.45, 2.75) is 115 Å². The number of aliphatic hydroxyl groups excluding tert-OH is 1. The number of aliphatic hydroxyl groups is 1. The molecule has 5 fully saturated rings. The molecule has 6 aliphatic rings. The highest BCUT2D eigenvalue weighted by Gasteiger charge is 2.68. The molecule has 32 heavy (non-hydrogen) atoms. The third-order valence-corrected chi connectivity index (χ3v) is 11.5. The summed E-state index contributed by atoms with van der Waals surface area (Å²) < 4.78 is 13.1. The number of carbonyl (C=O) groups is 1. The van der Waals surface area contributed by atoms with E-state index in [1.165, 1.54) is 56.9 Å². The van der Waals surface area contributed by atoms with E-state index in [9.17, 15) is 9.90 Å². The largest absolute Gasteiger partial charge is 0.460 e. The van der Waals surface area contributed by atoms with Crippen LogP contribution in [0.2, 0.25) is 5.82 Å². The van der Waals surface area contributed by atoms with Crippen molar-refractivity contribution in [3.05, 3.63) is 11.6 Å². The molecule has 176 valence electrons. The van der Waals surface area contributed by atoms with Gasteiger partial charge >= 0.3 is 7.12 Å². The van der Waals surface area contributed by atoms with Crippen molar-refractivity contribution in [2.24, 2.45) is 28.6 Å². The average molecular weight is 440 g/mol. The summed E-state index contributed by atoms with van der Waals surface area (Å²) in [6, 6.07) is 0. The molecule has 0 aromatic rings. The summed E-state index contributed by atoms with van der Waals surface area (Å²) in [6.45, 7) is 5.34. The second kappa shape index (κ2) is 7.68. The third-order valence-electron chi connectivity index (χ3n) is 11.5. The maximum Gasteiger partial charge on any atom is 0.460 e. The minimum atomic E-state index is -0.518. The minimum absolute atomic E-state index is 0.0202. The maximum absolute atomic E-state index is 12.1. The minimum Gasteiger partial charge on any atom is -0.408 e. The molecule has 0 unspecified atom stereocenters. The monoisotopic (exact) mass is 440 g/mol. The van der Waals surface area contributed by atoms with Crippen molar-refractivity contribution in [3.63, 3.8) is 0 Å². The average Bonchev–Trinajstić information content (AvgIpc) is 3.09. The molecule has 0 aromatic heterocycles. The summed E-state index contributed by atoms with van der Waals surface area (Å²) in [6.07, 6.45) is 16.3. The van der Waals surface area contributed by atoms with Crippen LogP contribution in [0.5, 0.6) is 0 Å². The predicted molar refractivity (Wildman–Crippen MR) is 125 cm³/mol. The Kier molecular flexibility index (Phi) is 5.25. The fourth-order valence-corrected chi connectivity index (χ4v) is 9.61. The summed E-state index contributed by atoms with van der Waals surface area (Å²) in [4.78, 5) is 12.1. The van der Waals surface area contributed by atoms with E-state index in [0.717, 1.165) is 32.1 Å². The Morgan fingerprint density at radius 1 is 0.969 bits per heavy atom. The quantitative estimate of drug-likeness (QED) is 0.548. The van der Waals surface area contributed by atoms with Gasteiger partial charge in [0.2, 0.25) is 0 Å². The Morgan fingerprint density at radius 2 is 1.75 bits per heavy atom. The zero-order valence-electron chi connectivity index (χ0n) is 20.1. The van der Waals surface area contributed by atoms with Gasteiger partial charge in [-0.15, -0.1) is 0 Å². The van der Waals surface area contributed by atoms with Crippen LogP contribution in [-0.2, 0) is 14.1 Å². The van der Waals surface area contributed by atoms with Crippen LogP contribution in [0.15, 0.2) is 11.6 Å². The standard InChI is InChI=1S/C27H41BO4/c1-25-13-10-20(29)16-18(25)8-9-21-22(25)11-14-26(2)23(21)12-15-27(26)24(30)17-31-28(32-27)19-6-4-3-5-7-19/h16,19,21-24,30H,3-15,17H2,1-2H3/t21-,22+,23+,24-,25+,26+,27+/m1/s1. The lowest BCUT2D eigenvalue weighted by molar-refractivity contribution is -0.198. The topological polar surface area (TPSA) is 55.8 Å². The van der Waals surface area contributed by atoms with Gasteiger partial charge in [0.1, 0.15) is 6.10 Å². The molecule has 0 bridgehead atoms. The van der Waals surface area contributed by atoms with Gasteiger partial charge in [0.05, 0.1) is 12.2 Å². The number of hydrogen-bond donors (Lipinski definition) is 1. The molecule has 1 aliphatic heterocycles. The van der Waals surface area contributed by atoms with Gasteiger partial charge in [0.15, 0.2) is 5.78 Å². The van der Waals surface area contributed by atoms with Crippen LogP contribution in [0.3, 0.4) is 0 Å². The van der Waals surface area contributed by atoms with Gasteiger partial charge < -0.3 is 14.4 Å². The molecule has 4 nitrogen and oxygen atoms in total. The number of hydrogen-bond acceptors (Lipinski definition) is 4. The lowest BCUT2D eigenvalue weighted by Crippen LogP contribution is -2.65. The Hall–Kier alpha value is -0.645. The normalized spacial score (nSPS) is 49.4. The van der Waals surface area contributed by atoms with E-state index in [4.69, 9.17) is 9.31 Å². The van der Waals surface area contributed by atoms with Crippen LogP contribution in [0, 0.1) is 28.6 Å². The summed E-state index contributed by atoms with van der Waals surface area (Å²) in [7, 11) is -0.130. The van der Waals surface area contributed by atoms with Crippen LogP contribution >= 0.6 is 0 Å². The Balaban J connectivity index is 1.29. The van der Waals surface area contributed by atoms with E-state index < -0.39 is 11.7 Å². The molecule has 5 heteroatoms. The molecule has 6 rings (SSSR count). The Bertz CT molecular complexity index is 805. The lowest BCUT2D eigenvalue weighted by atomic mass is 9.46. The molecule has 5 aliphatic carbocycles. The van der Waals surface area contributed by atoms with Crippen molar-refractivity contribution < 1.29 is 19.2 Å². The lowest BCUT2D eigenvalue weighted by Gasteiger charge is -2.61. The molecule has 1 saturated heterocycles. The second-order valence-electron chi connectivity index (χ2n) is 12.6. The third kappa shape index (κ3) is 2.96. The zero-order chi connectivity index (χ0) is 22.1. The highest BCUT2D eigenvalue weighted by molar-refractivity contribution is 6.46. The van der Waals surface area contributed by atoms with Gasteiger partial charge in [0.25, 0.3) is 0 Å². The first kappa shape index (κ1) is 21.9. The smallest absolute Gasteiger partial charge is 0.408 e. The van der Waals surface area contributed by atoms with Gasteiger partial charge in [-0.05, 0) is 80.0 Å². The van der Waals surface area contributed by atoms with Gasteiger partial charge in [-0.3, -0.25) is 4.79 Å². The molecule has 4 saturated carbocycles. The molecule has 1 spiro atoms. The van der Waals surface area contributed by atoms with Crippen LogP contribution < -0.4 is 0 Å². The van der Waals surface area contributed by atoms with Gasteiger partial charge in [-0.2, -0.15) is 0 Å².